The molecule has 0 saturated heterocycles. The van der Waals surface area contributed by atoms with E-state index in [0.29, 0.717) is 5.69 Å². The highest BCUT2D eigenvalue weighted by atomic mass is 79.9. The third-order valence-electron chi connectivity index (χ3n) is 3.76. The zero-order valence-corrected chi connectivity index (χ0v) is 15.4. The number of rotatable bonds is 4. The number of carbonyl (C=O) groups is 1. The summed E-state index contributed by atoms with van der Waals surface area (Å²) in [5, 5.41) is 16.9. The van der Waals surface area contributed by atoms with Crippen LogP contribution in [0.3, 0.4) is 0 Å². The number of aromatic nitrogens is 4. The Morgan fingerprint density at radius 1 is 1.24 bits per heavy atom. The molecule has 8 heteroatoms. The Labute approximate surface area is 153 Å². The summed E-state index contributed by atoms with van der Waals surface area (Å²) in [6.45, 7) is 3.89. The molecule has 128 valence electrons. The lowest BCUT2D eigenvalue weighted by Gasteiger charge is -2.16. The summed E-state index contributed by atoms with van der Waals surface area (Å²) in [5.74, 6) is 0. The smallest absolute Gasteiger partial charge is 0.319 e. The van der Waals surface area contributed by atoms with Crippen LogP contribution in [-0.4, -0.2) is 26.2 Å². The van der Waals surface area contributed by atoms with Crippen molar-refractivity contribution < 1.29 is 4.79 Å². The van der Waals surface area contributed by atoms with Gasteiger partial charge in [0.1, 0.15) is 6.33 Å². The van der Waals surface area contributed by atoms with E-state index in [1.807, 2.05) is 56.3 Å². The van der Waals surface area contributed by atoms with Gasteiger partial charge in [-0.25, -0.2) is 9.48 Å². The van der Waals surface area contributed by atoms with Crippen molar-refractivity contribution in [3.8, 4) is 5.69 Å². The van der Waals surface area contributed by atoms with Gasteiger partial charge in [0, 0.05) is 10.2 Å². The van der Waals surface area contributed by atoms with E-state index < -0.39 is 0 Å². The van der Waals surface area contributed by atoms with Crippen LogP contribution in [0.2, 0.25) is 0 Å². The standard InChI is InChI=1S/C17H17BrN6O/c1-11-6-7-15(9-16(11)24-10-19-22-23-24)21-17(25)20-12(2)13-4-3-5-14(18)8-13/h3-10,12H,1-2H3,(H2,20,21,25). The lowest BCUT2D eigenvalue weighted by Crippen LogP contribution is -2.31. The summed E-state index contributed by atoms with van der Waals surface area (Å²) in [6, 6.07) is 13.0. The van der Waals surface area contributed by atoms with Gasteiger partial charge >= 0.3 is 6.03 Å². The molecule has 2 amide bonds. The maximum atomic E-state index is 12.3. The third-order valence-corrected chi connectivity index (χ3v) is 4.25. The van der Waals surface area contributed by atoms with Crippen molar-refractivity contribution in [2.24, 2.45) is 0 Å². The van der Waals surface area contributed by atoms with Crippen LogP contribution in [0.25, 0.3) is 5.69 Å². The van der Waals surface area contributed by atoms with Gasteiger partial charge in [-0.15, -0.1) is 5.10 Å². The minimum atomic E-state index is -0.279. The lowest BCUT2D eigenvalue weighted by molar-refractivity contribution is 0.249. The van der Waals surface area contributed by atoms with Crippen LogP contribution in [0.5, 0.6) is 0 Å². The molecule has 2 N–H and O–H groups in total. The van der Waals surface area contributed by atoms with Gasteiger partial charge in [-0.3, -0.25) is 0 Å². The second-order valence-electron chi connectivity index (χ2n) is 5.63. The van der Waals surface area contributed by atoms with E-state index in [0.717, 1.165) is 21.3 Å². The van der Waals surface area contributed by atoms with Gasteiger partial charge in [0.15, 0.2) is 0 Å². The van der Waals surface area contributed by atoms with E-state index in [1.54, 1.807) is 4.68 Å². The number of amides is 2. The Hall–Kier alpha value is -2.74. The number of urea groups is 1. The van der Waals surface area contributed by atoms with Crippen molar-refractivity contribution >= 4 is 27.6 Å². The van der Waals surface area contributed by atoms with E-state index in [-0.39, 0.29) is 12.1 Å². The van der Waals surface area contributed by atoms with Crippen LogP contribution in [0.15, 0.2) is 53.3 Å². The summed E-state index contributed by atoms with van der Waals surface area (Å²) in [4.78, 5) is 12.3. The summed E-state index contributed by atoms with van der Waals surface area (Å²) in [5.41, 5.74) is 3.49. The third kappa shape index (κ3) is 4.21. The van der Waals surface area contributed by atoms with Crippen LogP contribution < -0.4 is 10.6 Å². The minimum Gasteiger partial charge on any atom is -0.331 e. The van der Waals surface area contributed by atoms with Gasteiger partial charge < -0.3 is 10.6 Å². The van der Waals surface area contributed by atoms with Crippen LogP contribution in [0.4, 0.5) is 10.5 Å². The molecule has 1 atom stereocenters. The first-order valence-corrected chi connectivity index (χ1v) is 8.49. The molecule has 1 unspecified atom stereocenters. The molecule has 1 aromatic heterocycles. The number of hydrogen-bond donors (Lipinski definition) is 2. The predicted molar refractivity (Wildman–Crippen MR) is 98.6 cm³/mol. The topological polar surface area (TPSA) is 84.7 Å². The Morgan fingerprint density at radius 3 is 2.80 bits per heavy atom. The van der Waals surface area contributed by atoms with Gasteiger partial charge in [0.05, 0.1) is 11.7 Å². The average Bonchev–Trinajstić information content (AvgIpc) is 3.11. The molecule has 0 aliphatic carbocycles. The van der Waals surface area contributed by atoms with E-state index in [2.05, 4.69) is 42.1 Å². The van der Waals surface area contributed by atoms with E-state index in [4.69, 9.17) is 0 Å². The maximum Gasteiger partial charge on any atom is 0.319 e. The van der Waals surface area contributed by atoms with Crippen molar-refractivity contribution in [3.63, 3.8) is 0 Å². The fraction of sp³-hybridized carbons (Fsp3) is 0.176. The highest BCUT2D eigenvalue weighted by Gasteiger charge is 2.11. The Morgan fingerprint density at radius 2 is 2.08 bits per heavy atom. The van der Waals surface area contributed by atoms with Crippen LogP contribution in [0.1, 0.15) is 24.1 Å². The number of hydrogen-bond acceptors (Lipinski definition) is 4. The molecular weight excluding hydrogens is 384 g/mol. The molecule has 0 fully saturated rings. The van der Waals surface area contributed by atoms with Crippen LogP contribution in [0, 0.1) is 6.92 Å². The molecule has 0 aliphatic heterocycles. The Bertz CT molecular complexity index is 881. The number of halogens is 1. The zero-order valence-electron chi connectivity index (χ0n) is 13.8. The minimum absolute atomic E-state index is 0.123. The van der Waals surface area contributed by atoms with Crippen molar-refractivity contribution in [2.75, 3.05) is 5.32 Å². The van der Waals surface area contributed by atoms with Gasteiger partial charge in [-0.2, -0.15) is 0 Å². The summed E-state index contributed by atoms with van der Waals surface area (Å²) in [7, 11) is 0. The monoisotopic (exact) mass is 400 g/mol. The summed E-state index contributed by atoms with van der Waals surface area (Å²) >= 11 is 3.44. The first-order valence-electron chi connectivity index (χ1n) is 7.70. The Balaban J connectivity index is 1.70. The van der Waals surface area contributed by atoms with E-state index in [1.165, 1.54) is 6.33 Å². The first kappa shape index (κ1) is 17.1. The molecule has 2 aromatic carbocycles. The molecule has 0 radical (unpaired) electrons. The van der Waals surface area contributed by atoms with Gasteiger partial charge in [-0.05, 0) is 59.7 Å². The van der Waals surface area contributed by atoms with E-state index >= 15 is 0 Å². The molecule has 7 nitrogen and oxygen atoms in total. The molecule has 0 aliphatic rings. The zero-order chi connectivity index (χ0) is 17.8. The number of tetrazole rings is 1. The SMILES string of the molecule is Cc1ccc(NC(=O)NC(C)c2cccc(Br)c2)cc1-n1cnnn1. The second-order valence-corrected chi connectivity index (χ2v) is 6.55. The second kappa shape index (κ2) is 7.43. The number of nitrogens with zero attached hydrogens (tertiary/aromatic N) is 4. The maximum absolute atomic E-state index is 12.3. The fourth-order valence-electron chi connectivity index (χ4n) is 2.43. The highest BCUT2D eigenvalue weighted by molar-refractivity contribution is 9.10. The number of nitrogens with one attached hydrogen (secondary N) is 2. The fourth-order valence-corrected chi connectivity index (χ4v) is 2.85. The van der Waals surface area contributed by atoms with Crippen molar-refractivity contribution in [2.45, 2.75) is 19.9 Å². The molecule has 3 aromatic rings. The predicted octanol–water partition coefficient (Wildman–Crippen LogP) is 3.62. The molecule has 1 heterocycles. The van der Waals surface area contributed by atoms with Gasteiger partial charge in [-0.1, -0.05) is 34.1 Å². The van der Waals surface area contributed by atoms with Gasteiger partial charge in [0.2, 0.25) is 0 Å². The van der Waals surface area contributed by atoms with Gasteiger partial charge in [0.25, 0.3) is 0 Å². The van der Waals surface area contributed by atoms with Crippen molar-refractivity contribution in [1.82, 2.24) is 25.5 Å². The number of benzene rings is 2. The molecule has 3 rings (SSSR count). The molecule has 0 saturated carbocycles. The Kier molecular flexibility index (Phi) is 5.08. The largest absolute Gasteiger partial charge is 0.331 e. The number of aryl methyl sites for hydroxylation is 1. The summed E-state index contributed by atoms with van der Waals surface area (Å²) in [6.07, 6.45) is 1.52. The number of anilines is 1. The first-order chi connectivity index (χ1) is 12.0. The lowest BCUT2D eigenvalue weighted by atomic mass is 10.1. The quantitative estimate of drug-likeness (QED) is 0.700. The van der Waals surface area contributed by atoms with Crippen molar-refractivity contribution in [3.05, 3.63) is 64.4 Å². The molecule has 0 bridgehead atoms. The van der Waals surface area contributed by atoms with Crippen LogP contribution in [-0.2, 0) is 0 Å². The van der Waals surface area contributed by atoms with E-state index in [9.17, 15) is 4.79 Å². The molecule has 25 heavy (non-hydrogen) atoms. The van der Waals surface area contributed by atoms with Crippen LogP contribution >= 0.6 is 15.9 Å². The summed E-state index contributed by atoms with van der Waals surface area (Å²) < 4.78 is 2.53. The highest BCUT2D eigenvalue weighted by Crippen LogP contribution is 2.20. The molecular formula is C17H17BrN6O. The van der Waals surface area contributed by atoms with Crippen molar-refractivity contribution in [1.29, 1.82) is 0 Å². The normalized spacial score (nSPS) is 11.8. The molecule has 0 spiro atoms. The number of carbonyl (C=O) groups excluding carboxylic acids is 1. The average molecular weight is 401 g/mol.